The topological polar surface area (TPSA) is 82.6 Å². The summed E-state index contributed by atoms with van der Waals surface area (Å²) < 4.78 is 6.22. The van der Waals surface area contributed by atoms with Crippen molar-refractivity contribution in [2.75, 3.05) is 49.8 Å². The van der Waals surface area contributed by atoms with Crippen molar-refractivity contribution >= 4 is 72.6 Å². The van der Waals surface area contributed by atoms with Crippen molar-refractivity contribution in [3.63, 3.8) is 0 Å². The predicted octanol–water partition coefficient (Wildman–Crippen LogP) is 5.66. The number of nitrogens with zero attached hydrogens (tertiary/aromatic N) is 4. The zero-order chi connectivity index (χ0) is 25.9. The van der Waals surface area contributed by atoms with Gasteiger partial charge in [0.25, 0.3) is 5.91 Å². The van der Waals surface area contributed by atoms with Crippen LogP contribution < -0.4 is 20.3 Å². The second-order valence-corrected chi connectivity index (χ2v) is 11.3. The molecule has 192 valence electrons. The number of rotatable bonds is 6. The SMILES string of the molecule is COc1ccc2nc(NC(=O)c3csc(C4CCN(C(=S)Nc5ccc(N(C)C)cc5)CC4)n3)sc2c1. The molecule has 0 bridgehead atoms. The summed E-state index contributed by atoms with van der Waals surface area (Å²) in [6.07, 6.45) is 1.88. The van der Waals surface area contributed by atoms with Crippen LogP contribution in [0.4, 0.5) is 16.5 Å². The molecule has 37 heavy (non-hydrogen) atoms. The Morgan fingerprint density at radius 3 is 2.57 bits per heavy atom. The van der Waals surface area contributed by atoms with Crippen LogP contribution in [0.15, 0.2) is 47.8 Å². The van der Waals surface area contributed by atoms with Gasteiger partial charge in [0, 0.05) is 49.9 Å². The molecule has 0 atom stereocenters. The van der Waals surface area contributed by atoms with Crippen LogP contribution in [0.25, 0.3) is 10.2 Å². The minimum atomic E-state index is -0.239. The number of thiocarbonyl (C=S) groups is 1. The molecular weight excluding hydrogens is 525 g/mol. The normalized spacial score (nSPS) is 14.0. The summed E-state index contributed by atoms with van der Waals surface area (Å²) in [5.41, 5.74) is 3.39. The minimum absolute atomic E-state index is 0.239. The summed E-state index contributed by atoms with van der Waals surface area (Å²) in [5.74, 6) is 0.843. The smallest absolute Gasteiger partial charge is 0.276 e. The fraction of sp³-hybridized carbons (Fsp3) is 0.308. The molecular formula is C26H28N6O2S3. The lowest BCUT2D eigenvalue weighted by Gasteiger charge is -2.33. The monoisotopic (exact) mass is 552 g/mol. The summed E-state index contributed by atoms with van der Waals surface area (Å²) in [4.78, 5) is 26.3. The van der Waals surface area contributed by atoms with E-state index in [9.17, 15) is 4.79 Å². The number of carbonyl (C=O) groups is 1. The molecule has 8 nitrogen and oxygen atoms in total. The van der Waals surface area contributed by atoms with Crippen molar-refractivity contribution in [1.29, 1.82) is 0 Å². The minimum Gasteiger partial charge on any atom is -0.497 e. The largest absolute Gasteiger partial charge is 0.497 e. The fourth-order valence-electron chi connectivity index (χ4n) is 4.20. The summed E-state index contributed by atoms with van der Waals surface area (Å²) >= 11 is 8.62. The first-order valence-corrected chi connectivity index (χ1v) is 14.0. The molecule has 0 unspecified atom stereocenters. The first-order chi connectivity index (χ1) is 17.9. The van der Waals surface area contributed by atoms with Gasteiger partial charge in [0.15, 0.2) is 10.2 Å². The fourth-order valence-corrected chi connectivity index (χ4v) is 6.36. The van der Waals surface area contributed by atoms with Gasteiger partial charge >= 0.3 is 0 Å². The number of benzene rings is 2. The highest BCUT2D eigenvalue weighted by molar-refractivity contribution is 7.80. The number of anilines is 3. The summed E-state index contributed by atoms with van der Waals surface area (Å²) in [6, 6.07) is 13.9. The van der Waals surface area contributed by atoms with Crippen molar-refractivity contribution in [2.45, 2.75) is 18.8 Å². The number of carbonyl (C=O) groups excluding carboxylic acids is 1. The molecule has 3 heterocycles. The van der Waals surface area contributed by atoms with Gasteiger partial charge in [0.1, 0.15) is 11.4 Å². The number of piperidine rings is 1. The molecule has 2 aromatic carbocycles. The van der Waals surface area contributed by atoms with Gasteiger partial charge in [-0.2, -0.15) is 0 Å². The maximum absolute atomic E-state index is 12.8. The lowest BCUT2D eigenvalue weighted by Crippen LogP contribution is -2.40. The Kier molecular flexibility index (Phi) is 7.54. The Morgan fingerprint density at radius 2 is 1.86 bits per heavy atom. The van der Waals surface area contributed by atoms with E-state index in [4.69, 9.17) is 17.0 Å². The molecule has 0 aliphatic carbocycles. The van der Waals surface area contributed by atoms with E-state index < -0.39 is 0 Å². The second-order valence-electron chi connectivity index (χ2n) is 9.01. The third-order valence-corrected chi connectivity index (χ3v) is 8.64. The first-order valence-electron chi connectivity index (χ1n) is 11.9. The van der Waals surface area contributed by atoms with Crippen molar-refractivity contribution < 1.29 is 9.53 Å². The van der Waals surface area contributed by atoms with E-state index in [1.165, 1.54) is 11.3 Å². The number of aromatic nitrogens is 2. The standard InChI is InChI=1S/C26H28N6O2S3/c1-31(2)18-6-4-17(5-7-18)27-26(35)32-12-10-16(11-13-32)24-28-21(15-36-24)23(33)30-25-29-20-9-8-19(34-3)14-22(20)37-25/h4-9,14-16H,10-13H2,1-3H3,(H,27,35)(H,29,30,33). The Morgan fingerprint density at radius 1 is 1.11 bits per heavy atom. The van der Waals surface area contributed by atoms with Gasteiger partial charge in [-0.3, -0.25) is 10.1 Å². The van der Waals surface area contributed by atoms with Crippen molar-refractivity contribution in [3.8, 4) is 5.75 Å². The van der Waals surface area contributed by atoms with E-state index in [2.05, 4.69) is 42.5 Å². The molecule has 0 saturated carbocycles. The second kappa shape index (κ2) is 11.0. The van der Waals surface area contributed by atoms with E-state index in [-0.39, 0.29) is 5.91 Å². The summed E-state index contributed by atoms with van der Waals surface area (Å²) in [7, 11) is 5.68. The number of fused-ring (bicyclic) bond motifs is 1. The van der Waals surface area contributed by atoms with Crippen molar-refractivity contribution in [2.24, 2.45) is 0 Å². The Labute approximate surface area is 229 Å². The predicted molar refractivity (Wildman–Crippen MR) is 157 cm³/mol. The maximum atomic E-state index is 12.8. The molecule has 1 amide bonds. The van der Waals surface area contributed by atoms with Gasteiger partial charge in [0.05, 0.1) is 22.3 Å². The lowest BCUT2D eigenvalue weighted by molar-refractivity contribution is 0.102. The number of nitrogens with one attached hydrogen (secondary N) is 2. The number of amides is 1. The molecule has 1 fully saturated rings. The van der Waals surface area contributed by atoms with Crippen LogP contribution in [0, 0.1) is 0 Å². The van der Waals surface area contributed by atoms with Crippen LogP contribution in [0.2, 0.25) is 0 Å². The zero-order valence-corrected chi connectivity index (χ0v) is 23.3. The van der Waals surface area contributed by atoms with Gasteiger partial charge in [-0.1, -0.05) is 11.3 Å². The summed E-state index contributed by atoms with van der Waals surface area (Å²) in [6.45, 7) is 1.70. The summed E-state index contributed by atoms with van der Waals surface area (Å²) in [5, 5.41) is 10.4. The van der Waals surface area contributed by atoms with Crippen LogP contribution in [-0.2, 0) is 0 Å². The Bertz CT molecular complexity index is 1410. The first kappa shape index (κ1) is 25.4. The molecule has 0 radical (unpaired) electrons. The third-order valence-electron chi connectivity index (χ3n) is 6.34. The highest BCUT2D eigenvalue weighted by Gasteiger charge is 2.25. The number of methoxy groups -OCH3 is 1. The average Bonchev–Trinajstić information content (AvgIpc) is 3.56. The number of hydrogen-bond donors (Lipinski definition) is 2. The zero-order valence-electron chi connectivity index (χ0n) is 20.9. The van der Waals surface area contributed by atoms with Crippen molar-refractivity contribution in [1.82, 2.24) is 14.9 Å². The molecule has 2 N–H and O–H groups in total. The molecule has 2 aromatic heterocycles. The quantitative estimate of drug-likeness (QED) is 0.297. The highest BCUT2D eigenvalue weighted by atomic mass is 32.1. The van der Waals surface area contributed by atoms with E-state index in [1.807, 2.05) is 49.8 Å². The number of likely N-dealkylation sites (tertiary alicyclic amines) is 1. The van der Waals surface area contributed by atoms with E-state index in [0.717, 1.165) is 63.4 Å². The number of hydrogen-bond acceptors (Lipinski definition) is 8. The van der Waals surface area contributed by atoms with Gasteiger partial charge in [-0.25, -0.2) is 9.97 Å². The van der Waals surface area contributed by atoms with Gasteiger partial charge in [0.2, 0.25) is 0 Å². The van der Waals surface area contributed by atoms with E-state index in [1.54, 1.807) is 18.4 Å². The molecule has 0 spiro atoms. The lowest BCUT2D eigenvalue weighted by atomic mass is 9.98. The highest BCUT2D eigenvalue weighted by Crippen LogP contribution is 2.32. The van der Waals surface area contributed by atoms with E-state index >= 15 is 0 Å². The molecule has 5 rings (SSSR count). The van der Waals surface area contributed by atoms with Crippen LogP contribution in [0.3, 0.4) is 0 Å². The molecule has 1 saturated heterocycles. The molecule has 1 aliphatic heterocycles. The van der Waals surface area contributed by atoms with Gasteiger partial charge in [-0.15, -0.1) is 11.3 Å². The molecule has 1 aliphatic rings. The van der Waals surface area contributed by atoms with Crippen molar-refractivity contribution in [3.05, 3.63) is 58.5 Å². The van der Waals surface area contributed by atoms with Gasteiger partial charge in [-0.05, 0) is 67.5 Å². The van der Waals surface area contributed by atoms with Crippen LogP contribution in [-0.4, -0.2) is 60.2 Å². The van der Waals surface area contributed by atoms with E-state index in [0.29, 0.717) is 16.7 Å². The Balaban J connectivity index is 1.15. The molecule has 4 aromatic rings. The van der Waals surface area contributed by atoms with Gasteiger partial charge < -0.3 is 19.9 Å². The third kappa shape index (κ3) is 5.84. The number of thiazole rings is 2. The Hall–Kier alpha value is -3.28. The van der Waals surface area contributed by atoms with Crippen LogP contribution in [0.1, 0.15) is 34.3 Å². The molecule has 11 heteroatoms. The van der Waals surface area contributed by atoms with Crippen LogP contribution >= 0.6 is 34.9 Å². The maximum Gasteiger partial charge on any atom is 0.276 e. The van der Waals surface area contributed by atoms with Crippen LogP contribution in [0.5, 0.6) is 5.75 Å². The number of ether oxygens (including phenoxy) is 1. The average molecular weight is 553 g/mol.